The van der Waals surface area contributed by atoms with Gasteiger partial charge in [-0.25, -0.2) is 4.98 Å². The molecule has 2 aromatic carbocycles. The molecule has 3 heterocycles. The van der Waals surface area contributed by atoms with E-state index in [0.29, 0.717) is 22.7 Å². The zero-order chi connectivity index (χ0) is 26.5. The zero-order valence-electron chi connectivity index (χ0n) is 21.6. The predicted octanol–water partition coefficient (Wildman–Crippen LogP) is 4.80. The van der Waals surface area contributed by atoms with E-state index in [1.54, 1.807) is 13.3 Å². The summed E-state index contributed by atoms with van der Waals surface area (Å²) in [7, 11) is -0.633. The highest BCUT2D eigenvalue weighted by Crippen LogP contribution is 2.41. The highest BCUT2D eigenvalue weighted by Gasteiger charge is 2.29. The summed E-state index contributed by atoms with van der Waals surface area (Å²) in [4.78, 5) is 11.2. The predicted molar refractivity (Wildman–Crippen MR) is 152 cm³/mol. The molecule has 11 heteroatoms. The van der Waals surface area contributed by atoms with Gasteiger partial charge in [-0.1, -0.05) is 17.7 Å². The van der Waals surface area contributed by atoms with Crippen molar-refractivity contribution >= 4 is 63.9 Å². The topological polar surface area (TPSA) is 108 Å². The van der Waals surface area contributed by atoms with Gasteiger partial charge in [0.2, 0.25) is 5.95 Å². The number of halogens is 1. The smallest absolute Gasteiger partial charge is 0.229 e. The quantitative estimate of drug-likeness (QED) is 0.287. The van der Waals surface area contributed by atoms with Crippen molar-refractivity contribution in [1.29, 1.82) is 0 Å². The highest BCUT2D eigenvalue weighted by molar-refractivity contribution is 7.70. The molecule has 1 fully saturated rings. The average Bonchev–Trinajstić information content (AvgIpc) is 3.12. The van der Waals surface area contributed by atoms with Crippen LogP contribution in [0.5, 0.6) is 0 Å². The van der Waals surface area contributed by atoms with Crippen molar-refractivity contribution in [3.8, 4) is 0 Å². The molecule has 194 valence electrons. The second-order valence-electron chi connectivity index (χ2n) is 10.0. The third kappa shape index (κ3) is 4.91. The van der Waals surface area contributed by atoms with Crippen LogP contribution in [0.4, 0.5) is 29.0 Å². The molecule has 9 nitrogen and oxygen atoms in total. The van der Waals surface area contributed by atoms with E-state index in [4.69, 9.17) is 11.6 Å². The number of aliphatic hydroxyl groups is 1. The Hall–Kier alpha value is -3.13. The maximum atomic E-state index is 13.1. The Kier molecular flexibility index (Phi) is 6.64. The second kappa shape index (κ2) is 9.63. The van der Waals surface area contributed by atoms with Crippen molar-refractivity contribution in [2.45, 2.75) is 13.8 Å². The molecule has 1 saturated heterocycles. The van der Waals surface area contributed by atoms with E-state index in [1.165, 1.54) is 6.20 Å². The number of hydrogen-bond donors (Lipinski definition) is 3. The molecule has 1 aliphatic rings. The molecule has 1 aliphatic heterocycles. The fourth-order valence-electron chi connectivity index (χ4n) is 4.87. The van der Waals surface area contributed by atoms with Gasteiger partial charge in [0, 0.05) is 49.0 Å². The van der Waals surface area contributed by atoms with Crippen molar-refractivity contribution in [3.63, 3.8) is 0 Å². The maximum Gasteiger partial charge on any atom is 0.229 e. The standard InChI is InChI=1S/C26H31ClN7O2P/c1-15-6-9-21(23(16(15)2)37(4,5)36)30-24-20(27)11-28-26(31-24)29-18-7-8-19-22(10-18)32-33(3)25(19)34-12-17(13-34)14-35/h6-11,17,35H,12-14H2,1-5H3,(H2,28,29,30,31). The van der Waals surface area contributed by atoms with Gasteiger partial charge in [-0.2, -0.15) is 10.1 Å². The Morgan fingerprint density at radius 2 is 1.92 bits per heavy atom. The fourth-order valence-corrected chi connectivity index (χ4v) is 6.70. The molecule has 0 amide bonds. The summed E-state index contributed by atoms with van der Waals surface area (Å²) in [5.41, 5.74) is 4.44. The molecular formula is C26H31ClN7O2P. The molecule has 5 rings (SSSR count). The Morgan fingerprint density at radius 3 is 2.62 bits per heavy atom. The number of nitrogens with zero attached hydrogens (tertiary/aromatic N) is 5. The first kappa shape index (κ1) is 25.5. The molecule has 0 atom stereocenters. The van der Waals surface area contributed by atoms with Crippen LogP contribution in [0.15, 0.2) is 36.5 Å². The van der Waals surface area contributed by atoms with Gasteiger partial charge >= 0.3 is 0 Å². The average molecular weight is 540 g/mol. The van der Waals surface area contributed by atoms with Gasteiger partial charge in [-0.15, -0.1) is 0 Å². The van der Waals surface area contributed by atoms with Gasteiger partial charge in [0.15, 0.2) is 5.82 Å². The van der Waals surface area contributed by atoms with Gasteiger partial charge in [-0.05, 0) is 62.6 Å². The van der Waals surface area contributed by atoms with E-state index in [9.17, 15) is 9.67 Å². The lowest BCUT2D eigenvalue weighted by atomic mass is 10.0. The van der Waals surface area contributed by atoms with E-state index in [-0.39, 0.29) is 6.61 Å². The van der Waals surface area contributed by atoms with Gasteiger partial charge in [-0.3, -0.25) is 4.68 Å². The van der Waals surface area contributed by atoms with Crippen LogP contribution < -0.4 is 20.8 Å². The van der Waals surface area contributed by atoms with Crippen LogP contribution in [-0.4, -0.2) is 57.9 Å². The Labute approximate surface area is 221 Å². The number of aryl methyl sites for hydroxylation is 2. The Bertz CT molecular complexity index is 1540. The van der Waals surface area contributed by atoms with E-state index in [2.05, 4.69) is 30.6 Å². The van der Waals surface area contributed by atoms with Crippen LogP contribution in [0.3, 0.4) is 0 Å². The maximum absolute atomic E-state index is 13.1. The Morgan fingerprint density at radius 1 is 1.16 bits per heavy atom. The first-order chi connectivity index (χ1) is 17.5. The minimum absolute atomic E-state index is 0.208. The molecule has 0 bridgehead atoms. The summed E-state index contributed by atoms with van der Waals surface area (Å²) in [6, 6.07) is 9.86. The van der Waals surface area contributed by atoms with Crippen LogP contribution in [0.2, 0.25) is 5.02 Å². The highest BCUT2D eigenvalue weighted by atomic mass is 35.5. The summed E-state index contributed by atoms with van der Waals surface area (Å²) in [6.45, 7) is 9.38. The van der Waals surface area contributed by atoms with E-state index in [1.807, 2.05) is 55.9 Å². The summed E-state index contributed by atoms with van der Waals surface area (Å²) in [5.74, 6) is 2.16. The SMILES string of the molecule is Cc1ccc(Nc2nc(Nc3ccc4c(N5CC(CO)C5)n(C)nc4c3)ncc2Cl)c(P(C)(C)=O)c1C. The lowest BCUT2D eigenvalue weighted by Gasteiger charge is -2.39. The van der Waals surface area contributed by atoms with Crippen molar-refractivity contribution in [2.24, 2.45) is 13.0 Å². The van der Waals surface area contributed by atoms with E-state index < -0.39 is 7.14 Å². The van der Waals surface area contributed by atoms with Gasteiger partial charge in [0.25, 0.3) is 0 Å². The number of aromatic nitrogens is 4. The van der Waals surface area contributed by atoms with Crippen molar-refractivity contribution < 1.29 is 9.67 Å². The molecule has 3 N–H and O–H groups in total. The number of nitrogens with one attached hydrogen (secondary N) is 2. The number of benzene rings is 2. The minimum atomic E-state index is -2.56. The lowest BCUT2D eigenvalue weighted by Crippen LogP contribution is -2.49. The van der Waals surface area contributed by atoms with E-state index in [0.717, 1.165) is 57.6 Å². The number of rotatable bonds is 7. The normalized spacial score (nSPS) is 14.2. The largest absolute Gasteiger partial charge is 0.396 e. The summed E-state index contributed by atoms with van der Waals surface area (Å²) >= 11 is 6.44. The van der Waals surface area contributed by atoms with Crippen LogP contribution in [0.25, 0.3) is 10.9 Å². The number of aliphatic hydroxyl groups excluding tert-OH is 1. The van der Waals surface area contributed by atoms with Crippen LogP contribution in [0, 0.1) is 19.8 Å². The van der Waals surface area contributed by atoms with Gasteiger partial charge in [0.05, 0.1) is 17.4 Å². The summed E-state index contributed by atoms with van der Waals surface area (Å²) < 4.78 is 15.0. The molecule has 4 aromatic rings. The summed E-state index contributed by atoms with van der Waals surface area (Å²) in [6.07, 6.45) is 1.54. The van der Waals surface area contributed by atoms with Crippen molar-refractivity contribution in [3.05, 3.63) is 52.7 Å². The van der Waals surface area contributed by atoms with Crippen LogP contribution >= 0.6 is 18.7 Å². The first-order valence-electron chi connectivity index (χ1n) is 12.1. The fraction of sp³-hybridized carbons (Fsp3) is 0.346. The number of hydrogen-bond acceptors (Lipinski definition) is 8. The first-order valence-corrected chi connectivity index (χ1v) is 15.1. The Balaban J connectivity index is 1.41. The molecule has 37 heavy (non-hydrogen) atoms. The molecule has 0 saturated carbocycles. The number of anilines is 5. The molecule has 0 unspecified atom stereocenters. The molecule has 0 aliphatic carbocycles. The summed E-state index contributed by atoms with van der Waals surface area (Å²) in [5, 5.41) is 22.8. The monoisotopic (exact) mass is 539 g/mol. The molecule has 2 aromatic heterocycles. The lowest BCUT2D eigenvalue weighted by molar-refractivity contribution is 0.199. The second-order valence-corrected chi connectivity index (χ2v) is 13.6. The minimum Gasteiger partial charge on any atom is -0.396 e. The third-order valence-electron chi connectivity index (χ3n) is 6.81. The van der Waals surface area contributed by atoms with Gasteiger partial charge < -0.3 is 25.2 Å². The molecule has 0 radical (unpaired) electrons. The van der Waals surface area contributed by atoms with Crippen molar-refractivity contribution in [1.82, 2.24) is 19.7 Å². The van der Waals surface area contributed by atoms with Gasteiger partial charge in [0.1, 0.15) is 18.0 Å². The molecule has 0 spiro atoms. The van der Waals surface area contributed by atoms with E-state index >= 15 is 0 Å². The number of fused-ring (bicyclic) bond motifs is 1. The van der Waals surface area contributed by atoms with Crippen LogP contribution in [0.1, 0.15) is 11.1 Å². The zero-order valence-corrected chi connectivity index (χ0v) is 23.2. The van der Waals surface area contributed by atoms with Crippen LogP contribution in [-0.2, 0) is 11.6 Å². The molecular weight excluding hydrogens is 509 g/mol. The van der Waals surface area contributed by atoms with Crippen molar-refractivity contribution in [2.75, 3.05) is 48.6 Å². The third-order valence-corrected chi connectivity index (χ3v) is 8.74.